The summed E-state index contributed by atoms with van der Waals surface area (Å²) in [6.45, 7) is 0. The van der Waals surface area contributed by atoms with Gasteiger partial charge in [0.1, 0.15) is 0 Å². The predicted octanol–water partition coefficient (Wildman–Crippen LogP) is 0.449. The van der Waals surface area contributed by atoms with Crippen molar-refractivity contribution in [2.45, 2.75) is 0 Å². The summed E-state index contributed by atoms with van der Waals surface area (Å²) >= 11 is 0. The van der Waals surface area contributed by atoms with Gasteiger partial charge in [0.25, 0.3) is 0 Å². The van der Waals surface area contributed by atoms with Crippen molar-refractivity contribution in [3.63, 3.8) is 0 Å². The zero-order chi connectivity index (χ0) is 12.9. The molecular weight excluding hydrogens is 327 g/mol. The lowest BCUT2D eigenvalue weighted by Crippen LogP contribution is -3.00. The normalized spacial score (nSPS) is 10.1. The summed E-state index contributed by atoms with van der Waals surface area (Å²) in [6, 6.07) is 32.3. The van der Waals surface area contributed by atoms with E-state index < -0.39 is 7.92 Å². The minimum atomic E-state index is -0.446. The first kappa shape index (κ1) is 15.0. The van der Waals surface area contributed by atoms with Gasteiger partial charge in [-0.15, -0.1) is 0 Å². The molecule has 0 aliphatic carbocycles. The highest BCUT2D eigenvalue weighted by Gasteiger charge is 2.14. The third-order valence-corrected chi connectivity index (χ3v) is 5.49. The van der Waals surface area contributed by atoms with Gasteiger partial charge in [-0.1, -0.05) is 91.0 Å². The molecule has 0 nitrogen and oxygen atoms in total. The van der Waals surface area contributed by atoms with Gasteiger partial charge in [-0.3, -0.25) is 0 Å². The van der Waals surface area contributed by atoms with Crippen LogP contribution in [0.25, 0.3) is 0 Å². The molecule has 0 atom stereocenters. The maximum Gasteiger partial charge on any atom is -0.0134 e. The van der Waals surface area contributed by atoms with Crippen LogP contribution in [0.3, 0.4) is 0 Å². The first-order valence-electron chi connectivity index (χ1n) is 6.40. The molecule has 0 bridgehead atoms. The molecule has 0 radical (unpaired) electrons. The number of hydrogen-bond donors (Lipinski definition) is 0. The summed E-state index contributed by atoms with van der Waals surface area (Å²) in [6.07, 6.45) is 0. The molecule has 0 amide bonds. The van der Waals surface area contributed by atoms with Crippen LogP contribution in [0.15, 0.2) is 91.0 Å². The smallest absolute Gasteiger partial charge is 0.0134 e. The summed E-state index contributed by atoms with van der Waals surface area (Å²) in [5.74, 6) is 0. The van der Waals surface area contributed by atoms with E-state index >= 15 is 0 Å². The van der Waals surface area contributed by atoms with Gasteiger partial charge in [0.15, 0.2) is 0 Å². The van der Waals surface area contributed by atoms with Crippen molar-refractivity contribution in [1.82, 2.24) is 0 Å². The standard InChI is InChI=1S/C18H15P.BrH/c1-4-10-16(11-5-1)19(17-12-6-2-7-13-17)18-14-8-3-9-15-18;/h1-15H;1H/p-1. The minimum absolute atomic E-state index is 0. The van der Waals surface area contributed by atoms with Crippen molar-refractivity contribution in [2.75, 3.05) is 0 Å². The highest BCUT2D eigenvalue weighted by molar-refractivity contribution is 7.79. The van der Waals surface area contributed by atoms with Crippen LogP contribution in [0.1, 0.15) is 0 Å². The molecule has 0 saturated carbocycles. The molecule has 0 heterocycles. The van der Waals surface area contributed by atoms with E-state index in [0.717, 1.165) is 0 Å². The fourth-order valence-corrected chi connectivity index (χ4v) is 4.48. The zero-order valence-electron chi connectivity index (χ0n) is 11.0. The van der Waals surface area contributed by atoms with E-state index in [4.69, 9.17) is 0 Å². The molecule has 0 saturated heterocycles. The largest absolute Gasteiger partial charge is 1.00 e. The molecule has 0 fully saturated rings. The van der Waals surface area contributed by atoms with Crippen molar-refractivity contribution in [3.8, 4) is 0 Å². The molecule has 3 rings (SSSR count). The van der Waals surface area contributed by atoms with E-state index in [-0.39, 0.29) is 17.0 Å². The summed E-state index contributed by atoms with van der Waals surface area (Å²) in [4.78, 5) is 0. The maximum atomic E-state index is 2.23. The van der Waals surface area contributed by atoms with Gasteiger partial charge >= 0.3 is 0 Å². The van der Waals surface area contributed by atoms with E-state index in [1.807, 2.05) is 0 Å². The molecular formula is C18H15BrP-. The number of halogens is 1. The van der Waals surface area contributed by atoms with Crippen LogP contribution in [-0.4, -0.2) is 0 Å². The average Bonchev–Trinajstić information content (AvgIpc) is 2.51. The highest BCUT2D eigenvalue weighted by Crippen LogP contribution is 2.32. The van der Waals surface area contributed by atoms with Crippen LogP contribution < -0.4 is 32.9 Å². The predicted molar refractivity (Wildman–Crippen MR) is 85.1 cm³/mol. The Balaban J connectivity index is 0.00000147. The van der Waals surface area contributed by atoms with E-state index in [0.29, 0.717) is 0 Å². The lowest BCUT2D eigenvalue weighted by atomic mass is 10.4. The minimum Gasteiger partial charge on any atom is -1.00 e. The maximum absolute atomic E-state index is 2.23. The SMILES string of the molecule is [Br-].c1ccc(P(c2ccccc2)c2ccccc2)cc1. The number of hydrogen-bond acceptors (Lipinski definition) is 0. The first-order chi connectivity index (χ1) is 9.45. The lowest BCUT2D eigenvalue weighted by Gasteiger charge is -2.18. The second-order valence-corrected chi connectivity index (χ2v) is 6.56. The third kappa shape index (κ3) is 3.36. The highest BCUT2D eigenvalue weighted by atomic mass is 79.9. The van der Waals surface area contributed by atoms with Crippen LogP contribution in [0.2, 0.25) is 0 Å². The van der Waals surface area contributed by atoms with Gasteiger partial charge in [-0.2, -0.15) is 0 Å². The molecule has 20 heavy (non-hydrogen) atoms. The monoisotopic (exact) mass is 341 g/mol. The van der Waals surface area contributed by atoms with Crippen molar-refractivity contribution in [2.24, 2.45) is 0 Å². The summed E-state index contributed by atoms with van der Waals surface area (Å²) < 4.78 is 0. The van der Waals surface area contributed by atoms with E-state index in [9.17, 15) is 0 Å². The molecule has 3 aromatic rings. The van der Waals surface area contributed by atoms with Crippen molar-refractivity contribution in [3.05, 3.63) is 91.0 Å². The lowest BCUT2D eigenvalue weighted by molar-refractivity contribution is -0.00000358. The molecule has 0 aliphatic heterocycles. The Morgan fingerprint density at radius 2 is 0.650 bits per heavy atom. The average molecular weight is 342 g/mol. The van der Waals surface area contributed by atoms with E-state index in [1.165, 1.54) is 15.9 Å². The Labute approximate surface area is 132 Å². The fraction of sp³-hybridized carbons (Fsp3) is 0. The van der Waals surface area contributed by atoms with Crippen LogP contribution in [0.5, 0.6) is 0 Å². The van der Waals surface area contributed by atoms with Gasteiger partial charge in [0, 0.05) is 0 Å². The second kappa shape index (κ2) is 7.38. The van der Waals surface area contributed by atoms with Gasteiger partial charge in [0.05, 0.1) is 0 Å². The quantitative estimate of drug-likeness (QED) is 0.607. The Hall–Kier alpha value is -1.43. The number of rotatable bonds is 3. The van der Waals surface area contributed by atoms with E-state index in [2.05, 4.69) is 91.0 Å². The summed E-state index contributed by atoms with van der Waals surface area (Å²) in [5, 5.41) is 4.19. The van der Waals surface area contributed by atoms with Crippen LogP contribution >= 0.6 is 7.92 Å². The summed E-state index contributed by atoms with van der Waals surface area (Å²) in [7, 11) is -0.446. The van der Waals surface area contributed by atoms with Crippen LogP contribution in [0, 0.1) is 0 Å². The fourth-order valence-electron chi connectivity index (χ4n) is 2.18. The Morgan fingerprint density at radius 3 is 0.900 bits per heavy atom. The molecule has 0 N–H and O–H groups in total. The van der Waals surface area contributed by atoms with Crippen LogP contribution in [-0.2, 0) is 0 Å². The number of benzene rings is 3. The van der Waals surface area contributed by atoms with E-state index in [1.54, 1.807) is 0 Å². The molecule has 2 heteroatoms. The molecule has 100 valence electrons. The molecule has 0 aromatic heterocycles. The van der Waals surface area contributed by atoms with Gasteiger partial charge in [0.2, 0.25) is 0 Å². The molecule has 0 aliphatic rings. The first-order valence-corrected chi connectivity index (χ1v) is 7.74. The molecule has 3 aromatic carbocycles. The van der Waals surface area contributed by atoms with Gasteiger partial charge < -0.3 is 17.0 Å². The summed E-state index contributed by atoms with van der Waals surface area (Å²) in [5.41, 5.74) is 0. The molecule has 0 spiro atoms. The third-order valence-electron chi connectivity index (χ3n) is 3.04. The van der Waals surface area contributed by atoms with Crippen LogP contribution in [0.4, 0.5) is 0 Å². The Kier molecular flexibility index (Phi) is 5.52. The zero-order valence-corrected chi connectivity index (χ0v) is 13.5. The van der Waals surface area contributed by atoms with Gasteiger partial charge in [-0.25, -0.2) is 0 Å². The molecule has 0 unspecified atom stereocenters. The van der Waals surface area contributed by atoms with Crippen molar-refractivity contribution < 1.29 is 17.0 Å². The van der Waals surface area contributed by atoms with Gasteiger partial charge in [-0.05, 0) is 23.8 Å². The van der Waals surface area contributed by atoms with Crippen molar-refractivity contribution in [1.29, 1.82) is 0 Å². The van der Waals surface area contributed by atoms with Crippen molar-refractivity contribution >= 4 is 23.8 Å². The Morgan fingerprint density at radius 1 is 0.400 bits per heavy atom. The Bertz CT molecular complexity index is 529. The second-order valence-electron chi connectivity index (χ2n) is 4.34. The topological polar surface area (TPSA) is 0 Å².